The van der Waals surface area contributed by atoms with Crippen molar-refractivity contribution in [2.75, 3.05) is 19.0 Å². The molecular weight excluding hydrogens is 269 g/mol. The van der Waals surface area contributed by atoms with Gasteiger partial charge < -0.3 is 14.6 Å². The third-order valence-electron chi connectivity index (χ3n) is 2.69. The van der Waals surface area contributed by atoms with E-state index in [-0.39, 0.29) is 5.02 Å². The molecule has 0 amide bonds. The van der Waals surface area contributed by atoms with Crippen LogP contribution in [0.15, 0.2) is 30.6 Å². The van der Waals surface area contributed by atoms with Gasteiger partial charge in [-0.05, 0) is 17.7 Å². The molecule has 0 saturated carbocycles. The molecule has 2 aromatic rings. The smallest absolute Gasteiger partial charge is 0.203 e. The van der Waals surface area contributed by atoms with E-state index in [1.807, 2.05) is 10.8 Å². The quantitative estimate of drug-likeness (QED) is 0.886. The van der Waals surface area contributed by atoms with E-state index in [9.17, 15) is 4.39 Å². The molecule has 4 nitrogen and oxygen atoms in total. The van der Waals surface area contributed by atoms with E-state index in [0.29, 0.717) is 13.2 Å². The minimum atomic E-state index is -0.410. The van der Waals surface area contributed by atoms with E-state index in [4.69, 9.17) is 16.3 Å². The molecule has 1 aromatic carbocycles. The molecule has 0 radical (unpaired) electrons. The van der Waals surface area contributed by atoms with Crippen molar-refractivity contribution in [3.63, 3.8) is 0 Å². The molecule has 0 fully saturated rings. The SMILES string of the molecule is COCCn1ccnc1NCc1ccc(F)c(Cl)c1. The van der Waals surface area contributed by atoms with Gasteiger partial charge in [-0.25, -0.2) is 9.37 Å². The molecule has 102 valence electrons. The Morgan fingerprint density at radius 3 is 3.05 bits per heavy atom. The molecule has 19 heavy (non-hydrogen) atoms. The summed E-state index contributed by atoms with van der Waals surface area (Å²) in [7, 11) is 1.66. The van der Waals surface area contributed by atoms with Gasteiger partial charge in [0.25, 0.3) is 0 Å². The number of ether oxygens (including phenoxy) is 1. The summed E-state index contributed by atoms with van der Waals surface area (Å²) in [5.74, 6) is 0.338. The third kappa shape index (κ3) is 3.68. The summed E-state index contributed by atoms with van der Waals surface area (Å²) >= 11 is 5.73. The first-order chi connectivity index (χ1) is 9.20. The average Bonchev–Trinajstić information content (AvgIpc) is 2.85. The molecule has 0 atom stereocenters. The zero-order valence-electron chi connectivity index (χ0n) is 10.6. The Kier molecular flexibility index (Phi) is 4.76. The summed E-state index contributed by atoms with van der Waals surface area (Å²) in [6.45, 7) is 1.88. The number of halogens is 2. The minimum Gasteiger partial charge on any atom is -0.383 e. The van der Waals surface area contributed by atoms with Crippen molar-refractivity contribution in [1.82, 2.24) is 9.55 Å². The van der Waals surface area contributed by atoms with Crippen molar-refractivity contribution >= 4 is 17.5 Å². The highest BCUT2D eigenvalue weighted by atomic mass is 35.5. The predicted molar refractivity (Wildman–Crippen MR) is 72.8 cm³/mol. The molecule has 0 aliphatic carbocycles. The van der Waals surface area contributed by atoms with Gasteiger partial charge in [0, 0.05) is 32.6 Å². The fraction of sp³-hybridized carbons (Fsp3) is 0.308. The van der Waals surface area contributed by atoms with E-state index < -0.39 is 5.82 Å². The zero-order valence-corrected chi connectivity index (χ0v) is 11.3. The minimum absolute atomic E-state index is 0.127. The first-order valence-electron chi connectivity index (χ1n) is 5.88. The van der Waals surface area contributed by atoms with Crippen LogP contribution in [-0.4, -0.2) is 23.3 Å². The number of rotatable bonds is 6. The molecule has 0 bridgehead atoms. The average molecular weight is 284 g/mol. The molecule has 0 aliphatic heterocycles. The van der Waals surface area contributed by atoms with Crippen LogP contribution in [0.2, 0.25) is 5.02 Å². The summed E-state index contributed by atoms with van der Waals surface area (Å²) in [5, 5.41) is 3.31. The van der Waals surface area contributed by atoms with Gasteiger partial charge >= 0.3 is 0 Å². The Morgan fingerprint density at radius 2 is 2.32 bits per heavy atom. The second-order valence-corrected chi connectivity index (χ2v) is 4.45. The van der Waals surface area contributed by atoms with Crippen LogP contribution in [0.4, 0.5) is 10.3 Å². The molecule has 0 spiro atoms. The number of methoxy groups -OCH3 is 1. The number of hydrogen-bond acceptors (Lipinski definition) is 3. The van der Waals surface area contributed by atoms with Crippen LogP contribution in [-0.2, 0) is 17.8 Å². The van der Waals surface area contributed by atoms with E-state index in [2.05, 4.69) is 10.3 Å². The van der Waals surface area contributed by atoms with Crippen molar-refractivity contribution in [3.8, 4) is 0 Å². The van der Waals surface area contributed by atoms with E-state index in [0.717, 1.165) is 18.1 Å². The number of hydrogen-bond donors (Lipinski definition) is 1. The van der Waals surface area contributed by atoms with Crippen LogP contribution in [0.25, 0.3) is 0 Å². The van der Waals surface area contributed by atoms with Crippen LogP contribution in [0.3, 0.4) is 0 Å². The molecule has 2 rings (SSSR count). The highest BCUT2D eigenvalue weighted by Gasteiger charge is 2.04. The number of imidazole rings is 1. The second-order valence-electron chi connectivity index (χ2n) is 4.04. The maximum atomic E-state index is 13.0. The maximum Gasteiger partial charge on any atom is 0.203 e. The fourth-order valence-electron chi connectivity index (χ4n) is 1.68. The van der Waals surface area contributed by atoms with Crippen LogP contribution >= 0.6 is 11.6 Å². The van der Waals surface area contributed by atoms with Gasteiger partial charge in [0.1, 0.15) is 5.82 Å². The maximum absolute atomic E-state index is 13.0. The van der Waals surface area contributed by atoms with Crippen LogP contribution in [0.1, 0.15) is 5.56 Å². The second kappa shape index (κ2) is 6.54. The lowest BCUT2D eigenvalue weighted by molar-refractivity contribution is 0.187. The molecule has 6 heteroatoms. The van der Waals surface area contributed by atoms with Crippen LogP contribution < -0.4 is 5.32 Å². The van der Waals surface area contributed by atoms with E-state index >= 15 is 0 Å². The van der Waals surface area contributed by atoms with E-state index in [1.165, 1.54) is 6.07 Å². The fourth-order valence-corrected chi connectivity index (χ4v) is 1.88. The third-order valence-corrected chi connectivity index (χ3v) is 2.98. The first kappa shape index (κ1) is 13.8. The van der Waals surface area contributed by atoms with E-state index in [1.54, 1.807) is 25.4 Å². The van der Waals surface area contributed by atoms with Crippen LogP contribution in [0, 0.1) is 5.82 Å². The monoisotopic (exact) mass is 283 g/mol. The number of anilines is 1. The summed E-state index contributed by atoms with van der Waals surface area (Å²) < 4.78 is 20.0. The Bertz CT molecular complexity index is 544. The number of nitrogens with one attached hydrogen (secondary N) is 1. The zero-order chi connectivity index (χ0) is 13.7. The molecule has 1 aromatic heterocycles. The molecular formula is C13H15ClFN3O. The predicted octanol–water partition coefficient (Wildman–Crippen LogP) is 2.93. The highest BCUT2D eigenvalue weighted by Crippen LogP contribution is 2.16. The van der Waals surface area contributed by atoms with Gasteiger partial charge in [0.05, 0.1) is 11.6 Å². The highest BCUT2D eigenvalue weighted by molar-refractivity contribution is 6.30. The van der Waals surface area contributed by atoms with Crippen molar-refractivity contribution < 1.29 is 9.13 Å². The number of nitrogens with zero attached hydrogens (tertiary/aromatic N) is 2. The van der Waals surface area contributed by atoms with Gasteiger partial charge in [-0.2, -0.15) is 0 Å². The Morgan fingerprint density at radius 1 is 1.47 bits per heavy atom. The Balaban J connectivity index is 1.98. The van der Waals surface area contributed by atoms with Gasteiger partial charge in [-0.15, -0.1) is 0 Å². The van der Waals surface area contributed by atoms with Crippen molar-refractivity contribution in [3.05, 3.63) is 47.0 Å². The number of benzene rings is 1. The largest absolute Gasteiger partial charge is 0.383 e. The van der Waals surface area contributed by atoms with Gasteiger partial charge in [0.15, 0.2) is 0 Å². The Labute approximate surface area is 116 Å². The number of aromatic nitrogens is 2. The van der Waals surface area contributed by atoms with Crippen molar-refractivity contribution in [1.29, 1.82) is 0 Å². The summed E-state index contributed by atoms with van der Waals surface area (Å²) in [4.78, 5) is 4.21. The Hall–Kier alpha value is -1.59. The first-order valence-corrected chi connectivity index (χ1v) is 6.26. The lowest BCUT2D eigenvalue weighted by atomic mass is 10.2. The lowest BCUT2D eigenvalue weighted by Crippen LogP contribution is -2.10. The summed E-state index contributed by atoms with van der Waals surface area (Å²) in [6, 6.07) is 4.65. The van der Waals surface area contributed by atoms with Crippen LogP contribution in [0.5, 0.6) is 0 Å². The standard InChI is InChI=1S/C13H15ClFN3O/c1-19-7-6-18-5-4-16-13(18)17-9-10-2-3-12(15)11(14)8-10/h2-5,8H,6-7,9H2,1H3,(H,16,17). The van der Waals surface area contributed by atoms with Crippen molar-refractivity contribution in [2.24, 2.45) is 0 Å². The van der Waals surface area contributed by atoms with Gasteiger partial charge in [-0.3, -0.25) is 0 Å². The lowest BCUT2D eigenvalue weighted by Gasteiger charge is -2.09. The normalized spacial score (nSPS) is 10.7. The molecule has 0 saturated heterocycles. The molecule has 0 aliphatic rings. The van der Waals surface area contributed by atoms with Gasteiger partial charge in [0.2, 0.25) is 5.95 Å². The topological polar surface area (TPSA) is 39.1 Å². The molecule has 0 unspecified atom stereocenters. The summed E-state index contributed by atoms with van der Waals surface area (Å²) in [6.07, 6.45) is 3.59. The van der Waals surface area contributed by atoms with Gasteiger partial charge in [-0.1, -0.05) is 17.7 Å². The molecule has 1 heterocycles. The molecule has 1 N–H and O–H groups in total. The van der Waals surface area contributed by atoms with Crippen molar-refractivity contribution in [2.45, 2.75) is 13.1 Å². The summed E-state index contributed by atoms with van der Waals surface area (Å²) in [5.41, 5.74) is 0.896.